The van der Waals surface area contributed by atoms with Crippen molar-refractivity contribution in [3.8, 4) is 0 Å². The van der Waals surface area contributed by atoms with E-state index in [9.17, 15) is 0 Å². The van der Waals surface area contributed by atoms with E-state index in [0.717, 1.165) is 6.54 Å². The predicted octanol–water partition coefficient (Wildman–Crippen LogP) is 0.565. The third-order valence-electron chi connectivity index (χ3n) is 1.80. The zero-order valence-corrected chi connectivity index (χ0v) is 9.67. The summed E-state index contributed by atoms with van der Waals surface area (Å²) in [6.07, 6.45) is 0. The molecule has 0 rings (SSSR count). The molecule has 0 unspecified atom stereocenters. The summed E-state index contributed by atoms with van der Waals surface area (Å²) in [5.74, 6) is 1.01. The molecule has 0 fully saturated rings. The highest BCUT2D eigenvalue weighted by Gasteiger charge is 2.15. The van der Waals surface area contributed by atoms with Crippen molar-refractivity contribution in [3.63, 3.8) is 0 Å². The Balaban J connectivity index is 3.88. The Kier molecular flexibility index (Phi) is 5.53. The monoisotopic (exact) mass is 201 g/mol. The molecule has 4 N–H and O–H groups in total. The first kappa shape index (κ1) is 13.2. The molecule has 0 aliphatic heterocycles. The number of hydrogen-bond acceptors (Lipinski definition) is 2. The fourth-order valence-corrected chi connectivity index (χ4v) is 0.714. The second-order valence-electron chi connectivity index (χ2n) is 4.80. The van der Waals surface area contributed by atoms with E-state index in [1.807, 2.05) is 13.8 Å². The first-order valence-electron chi connectivity index (χ1n) is 5.02. The van der Waals surface area contributed by atoms with Crippen molar-refractivity contribution in [2.24, 2.45) is 22.1 Å². The Hall–Kier alpha value is -0.770. The minimum absolute atomic E-state index is 0.119. The molecule has 84 valence electrons. The van der Waals surface area contributed by atoms with E-state index in [4.69, 9.17) is 10.8 Å². The van der Waals surface area contributed by atoms with E-state index in [1.54, 1.807) is 0 Å². The maximum atomic E-state index is 8.99. The number of nitrogens with one attached hydrogen (secondary N) is 1. The van der Waals surface area contributed by atoms with Crippen LogP contribution in [-0.4, -0.2) is 30.8 Å². The average Bonchev–Trinajstić information content (AvgIpc) is 2.11. The Labute approximate surface area is 86.6 Å². The molecule has 0 saturated carbocycles. The number of guanidine groups is 1. The lowest BCUT2D eigenvalue weighted by Gasteiger charge is -2.19. The standard InChI is InChI=1S/C10H23N3O/c1-8(2)5-12-9(11)13-6-10(3,4)7-14/h8,14H,5-7H2,1-4H3,(H3,11,12,13). The lowest BCUT2D eigenvalue weighted by atomic mass is 9.95. The number of rotatable bonds is 5. The molecule has 0 aromatic heterocycles. The first-order chi connectivity index (χ1) is 6.37. The van der Waals surface area contributed by atoms with Crippen molar-refractivity contribution < 1.29 is 5.11 Å². The van der Waals surface area contributed by atoms with E-state index >= 15 is 0 Å². The molecule has 0 amide bonds. The molecule has 4 nitrogen and oxygen atoms in total. The van der Waals surface area contributed by atoms with E-state index < -0.39 is 0 Å². The number of aliphatic hydroxyl groups excluding tert-OH is 1. The molecule has 0 aromatic rings. The van der Waals surface area contributed by atoms with Gasteiger partial charge in [-0.15, -0.1) is 0 Å². The third-order valence-corrected chi connectivity index (χ3v) is 1.80. The van der Waals surface area contributed by atoms with Gasteiger partial charge in [0.05, 0.1) is 6.54 Å². The van der Waals surface area contributed by atoms with Gasteiger partial charge in [0, 0.05) is 18.6 Å². The lowest BCUT2D eigenvalue weighted by molar-refractivity contribution is 0.167. The van der Waals surface area contributed by atoms with E-state index in [0.29, 0.717) is 18.4 Å². The normalized spacial score (nSPS) is 13.4. The number of aliphatic hydroxyl groups is 1. The van der Waals surface area contributed by atoms with Crippen LogP contribution in [-0.2, 0) is 0 Å². The van der Waals surface area contributed by atoms with Gasteiger partial charge in [0.15, 0.2) is 5.96 Å². The van der Waals surface area contributed by atoms with Crippen LogP contribution in [0.3, 0.4) is 0 Å². The third kappa shape index (κ3) is 6.71. The molecular weight excluding hydrogens is 178 g/mol. The second-order valence-corrected chi connectivity index (χ2v) is 4.80. The van der Waals surface area contributed by atoms with Gasteiger partial charge in [0.2, 0.25) is 0 Å². The SMILES string of the molecule is CC(C)CNC(N)=NCC(C)(C)CO. The van der Waals surface area contributed by atoms with Crippen LogP contribution in [0.2, 0.25) is 0 Å². The van der Waals surface area contributed by atoms with E-state index in [-0.39, 0.29) is 12.0 Å². The van der Waals surface area contributed by atoms with Crippen molar-refractivity contribution in [2.75, 3.05) is 19.7 Å². The van der Waals surface area contributed by atoms with Crippen LogP contribution < -0.4 is 11.1 Å². The molecule has 0 aromatic carbocycles. The van der Waals surface area contributed by atoms with Crippen molar-refractivity contribution in [3.05, 3.63) is 0 Å². The summed E-state index contributed by atoms with van der Waals surface area (Å²) < 4.78 is 0. The molecule has 4 heteroatoms. The fourth-order valence-electron chi connectivity index (χ4n) is 0.714. The maximum Gasteiger partial charge on any atom is 0.188 e. The highest BCUT2D eigenvalue weighted by Crippen LogP contribution is 2.12. The fraction of sp³-hybridized carbons (Fsp3) is 0.900. The van der Waals surface area contributed by atoms with Gasteiger partial charge in [0.1, 0.15) is 0 Å². The highest BCUT2D eigenvalue weighted by atomic mass is 16.3. The molecule has 0 aliphatic rings. The minimum Gasteiger partial charge on any atom is -0.396 e. The second kappa shape index (κ2) is 5.86. The van der Waals surface area contributed by atoms with Gasteiger partial charge >= 0.3 is 0 Å². The average molecular weight is 201 g/mol. The summed E-state index contributed by atoms with van der Waals surface area (Å²) in [5, 5.41) is 12.0. The molecular formula is C10H23N3O. The Bertz CT molecular complexity index is 188. The Morgan fingerprint density at radius 1 is 1.50 bits per heavy atom. The Morgan fingerprint density at radius 3 is 2.50 bits per heavy atom. The van der Waals surface area contributed by atoms with Crippen LogP contribution in [0.4, 0.5) is 0 Å². The zero-order chi connectivity index (χ0) is 11.2. The van der Waals surface area contributed by atoms with Crippen molar-refractivity contribution >= 4 is 5.96 Å². The van der Waals surface area contributed by atoms with Gasteiger partial charge < -0.3 is 16.2 Å². The van der Waals surface area contributed by atoms with E-state index in [1.165, 1.54) is 0 Å². The molecule has 0 bridgehead atoms. The number of nitrogens with zero attached hydrogens (tertiary/aromatic N) is 1. The number of nitrogens with two attached hydrogens (primary N) is 1. The summed E-state index contributed by atoms with van der Waals surface area (Å²) in [6.45, 7) is 9.61. The molecule has 0 heterocycles. The summed E-state index contributed by atoms with van der Waals surface area (Å²) in [4.78, 5) is 4.16. The molecule has 0 saturated heterocycles. The first-order valence-corrected chi connectivity index (χ1v) is 5.02. The molecule has 0 aliphatic carbocycles. The number of hydrogen-bond donors (Lipinski definition) is 3. The maximum absolute atomic E-state index is 8.99. The summed E-state index contributed by atoms with van der Waals surface area (Å²) >= 11 is 0. The predicted molar refractivity (Wildman–Crippen MR) is 60.2 cm³/mol. The molecule has 0 atom stereocenters. The van der Waals surface area contributed by atoms with Crippen LogP contribution >= 0.6 is 0 Å². The van der Waals surface area contributed by atoms with E-state index in [2.05, 4.69) is 24.2 Å². The van der Waals surface area contributed by atoms with Crippen molar-refractivity contribution in [1.29, 1.82) is 0 Å². The van der Waals surface area contributed by atoms with Crippen LogP contribution in [0.1, 0.15) is 27.7 Å². The van der Waals surface area contributed by atoms with Gasteiger partial charge in [-0.1, -0.05) is 27.7 Å². The van der Waals surface area contributed by atoms with Gasteiger partial charge in [-0.25, -0.2) is 0 Å². The van der Waals surface area contributed by atoms with Crippen LogP contribution in [0.5, 0.6) is 0 Å². The zero-order valence-electron chi connectivity index (χ0n) is 9.67. The smallest absolute Gasteiger partial charge is 0.188 e. The quantitative estimate of drug-likeness (QED) is 0.450. The summed E-state index contributed by atoms with van der Waals surface area (Å²) in [5.41, 5.74) is 5.45. The Morgan fingerprint density at radius 2 is 2.07 bits per heavy atom. The van der Waals surface area contributed by atoms with Crippen LogP contribution in [0.25, 0.3) is 0 Å². The minimum atomic E-state index is -0.190. The lowest BCUT2D eigenvalue weighted by Crippen LogP contribution is -2.35. The van der Waals surface area contributed by atoms with Crippen LogP contribution in [0, 0.1) is 11.3 Å². The summed E-state index contributed by atoms with van der Waals surface area (Å²) in [7, 11) is 0. The van der Waals surface area contributed by atoms with Gasteiger partial charge in [-0.3, -0.25) is 4.99 Å². The topological polar surface area (TPSA) is 70.6 Å². The summed E-state index contributed by atoms with van der Waals surface area (Å²) in [6, 6.07) is 0. The van der Waals surface area contributed by atoms with Crippen molar-refractivity contribution in [2.45, 2.75) is 27.7 Å². The van der Waals surface area contributed by atoms with Gasteiger partial charge in [0.25, 0.3) is 0 Å². The van der Waals surface area contributed by atoms with Crippen molar-refractivity contribution in [1.82, 2.24) is 5.32 Å². The van der Waals surface area contributed by atoms with Gasteiger partial charge in [-0.05, 0) is 5.92 Å². The van der Waals surface area contributed by atoms with Gasteiger partial charge in [-0.2, -0.15) is 0 Å². The highest BCUT2D eigenvalue weighted by molar-refractivity contribution is 5.77. The molecule has 0 radical (unpaired) electrons. The number of aliphatic imine (C=N–C) groups is 1. The van der Waals surface area contributed by atoms with Crippen LogP contribution in [0.15, 0.2) is 4.99 Å². The molecule has 14 heavy (non-hydrogen) atoms. The molecule has 0 spiro atoms. The largest absolute Gasteiger partial charge is 0.396 e.